The Kier molecular flexibility index (Phi) is 5.42. The number of hydrogen-bond acceptors (Lipinski definition) is 4. The third kappa shape index (κ3) is 4.40. The van der Waals surface area contributed by atoms with Crippen LogP contribution in [0.5, 0.6) is 0 Å². The molecule has 0 aliphatic heterocycles. The van der Waals surface area contributed by atoms with Gasteiger partial charge in [0.1, 0.15) is 5.82 Å². The molecule has 1 heterocycles. The quantitative estimate of drug-likeness (QED) is 0.709. The lowest BCUT2D eigenvalue weighted by molar-refractivity contribution is 0.0696. The lowest BCUT2D eigenvalue weighted by Gasteiger charge is -2.08. The molecule has 0 atom stereocenters. The fourth-order valence-corrected chi connectivity index (χ4v) is 1.47. The van der Waals surface area contributed by atoms with Crippen molar-refractivity contribution in [2.45, 2.75) is 19.8 Å². The molecular weight excluding hydrogens is 220 g/mol. The third-order valence-electron chi connectivity index (χ3n) is 2.24. The van der Waals surface area contributed by atoms with Crippen molar-refractivity contribution in [3.8, 4) is 0 Å². The molecule has 0 unspecified atom stereocenters. The molecule has 0 radical (unpaired) electrons. The summed E-state index contributed by atoms with van der Waals surface area (Å²) in [5, 5.41) is 12.0. The molecule has 0 saturated carbocycles. The molecule has 94 valence electrons. The monoisotopic (exact) mass is 238 g/mol. The molecule has 0 amide bonds. The van der Waals surface area contributed by atoms with Crippen LogP contribution in [0.15, 0.2) is 12.1 Å². The maximum absolute atomic E-state index is 11.0. The highest BCUT2D eigenvalue weighted by molar-refractivity contribution is 5.88. The fraction of sp³-hybridized carbons (Fsp3) is 0.500. The van der Waals surface area contributed by atoms with Crippen molar-refractivity contribution in [2.24, 2.45) is 0 Å². The summed E-state index contributed by atoms with van der Waals surface area (Å²) in [5.74, 6) is -0.343. The molecular formula is C12H18N2O3. The van der Waals surface area contributed by atoms with Gasteiger partial charge in [-0.15, -0.1) is 0 Å². The number of nitrogens with one attached hydrogen (secondary N) is 1. The average molecular weight is 238 g/mol. The van der Waals surface area contributed by atoms with Gasteiger partial charge in [0, 0.05) is 19.3 Å². The van der Waals surface area contributed by atoms with Gasteiger partial charge >= 0.3 is 5.97 Å². The normalized spacial score (nSPS) is 10.2. The summed E-state index contributed by atoms with van der Waals surface area (Å²) in [6, 6.07) is 3.16. The Morgan fingerprint density at radius 3 is 2.88 bits per heavy atom. The maximum Gasteiger partial charge on any atom is 0.335 e. The molecule has 1 aromatic rings. The maximum atomic E-state index is 11.0. The first-order chi connectivity index (χ1) is 8.17. The van der Waals surface area contributed by atoms with Crippen LogP contribution in [0.1, 0.15) is 29.4 Å². The van der Waals surface area contributed by atoms with Gasteiger partial charge in [-0.3, -0.25) is 0 Å². The number of pyridine rings is 1. The number of nitrogens with zero attached hydrogens (tertiary/aromatic N) is 1. The molecule has 0 saturated heterocycles. The van der Waals surface area contributed by atoms with Gasteiger partial charge in [0.2, 0.25) is 0 Å². The van der Waals surface area contributed by atoms with Crippen LogP contribution in [0.3, 0.4) is 0 Å². The van der Waals surface area contributed by atoms with E-state index in [0.29, 0.717) is 19.0 Å². The van der Waals surface area contributed by atoms with Crippen molar-refractivity contribution in [3.63, 3.8) is 0 Å². The van der Waals surface area contributed by atoms with E-state index in [2.05, 4.69) is 10.3 Å². The van der Waals surface area contributed by atoms with Crippen LogP contribution in [0.25, 0.3) is 0 Å². The molecule has 0 fully saturated rings. The van der Waals surface area contributed by atoms with Crippen molar-refractivity contribution in [2.75, 3.05) is 25.6 Å². The van der Waals surface area contributed by atoms with Gasteiger partial charge in [-0.05, 0) is 18.6 Å². The lowest BCUT2D eigenvalue weighted by Crippen LogP contribution is -2.11. The number of methoxy groups -OCH3 is 1. The summed E-state index contributed by atoms with van der Waals surface area (Å²) in [4.78, 5) is 15.3. The van der Waals surface area contributed by atoms with Crippen LogP contribution in [-0.4, -0.2) is 36.3 Å². The van der Waals surface area contributed by atoms with Gasteiger partial charge in [-0.2, -0.15) is 0 Å². The number of carbonyl (C=O) groups is 1. The smallest absolute Gasteiger partial charge is 0.335 e. The second-order valence-corrected chi connectivity index (χ2v) is 3.71. The summed E-state index contributed by atoms with van der Waals surface area (Å²) >= 11 is 0. The molecule has 5 heteroatoms. The van der Waals surface area contributed by atoms with Crippen LogP contribution in [-0.2, 0) is 11.2 Å². The zero-order valence-corrected chi connectivity index (χ0v) is 10.2. The van der Waals surface area contributed by atoms with E-state index in [1.54, 1.807) is 13.2 Å². The highest BCUT2D eigenvalue weighted by Crippen LogP contribution is 2.12. The van der Waals surface area contributed by atoms with E-state index in [1.165, 1.54) is 6.07 Å². The van der Waals surface area contributed by atoms with E-state index in [0.717, 1.165) is 18.5 Å². The van der Waals surface area contributed by atoms with Gasteiger partial charge in [-0.25, -0.2) is 9.78 Å². The van der Waals surface area contributed by atoms with Gasteiger partial charge in [0.25, 0.3) is 0 Å². The van der Waals surface area contributed by atoms with Crippen LogP contribution >= 0.6 is 0 Å². The summed E-state index contributed by atoms with van der Waals surface area (Å²) in [7, 11) is 1.62. The van der Waals surface area contributed by atoms with Gasteiger partial charge in [0.15, 0.2) is 0 Å². The Bertz CT molecular complexity index is 380. The molecule has 0 spiro atoms. The van der Waals surface area contributed by atoms with Crippen LogP contribution in [0.2, 0.25) is 0 Å². The molecule has 5 nitrogen and oxygen atoms in total. The average Bonchev–Trinajstić information content (AvgIpc) is 2.29. The summed E-state index contributed by atoms with van der Waals surface area (Å²) in [5.41, 5.74) is 1.07. The van der Waals surface area contributed by atoms with Gasteiger partial charge < -0.3 is 15.2 Å². The van der Waals surface area contributed by atoms with E-state index in [-0.39, 0.29) is 5.56 Å². The van der Waals surface area contributed by atoms with Crippen LogP contribution in [0.4, 0.5) is 5.82 Å². The first-order valence-corrected chi connectivity index (χ1v) is 5.64. The third-order valence-corrected chi connectivity index (χ3v) is 2.24. The Balaban J connectivity index is 2.83. The Hall–Kier alpha value is -1.62. The van der Waals surface area contributed by atoms with Crippen LogP contribution in [0, 0.1) is 0 Å². The SMILES string of the molecule is CCCc1cc(C(=O)O)cc(NCCOC)n1. The first-order valence-electron chi connectivity index (χ1n) is 5.64. The molecule has 0 bridgehead atoms. The first kappa shape index (κ1) is 13.4. The minimum atomic E-state index is -0.931. The van der Waals surface area contributed by atoms with E-state index in [1.807, 2.05) is 6.92 Å². The summed E-state index contributed by atoms with van der Waals surface area (Å²) in [6.45, 7) is 3.20. The number of rotatable bonds is 7. The largest absolute Gasteiger partial charge is 0.478 e. The highest BCUT2D eigenvalue weighted by Gasteiger charge is 2.07. The predicted octanol–water partition coefficient (Wildman–Crippen LogP) is 1.79. The number of anilines is 1. The fourth-order valence-electron chi connectivity index (χ4n) is 1.47. The molecule has 0 aliphatic rings. The number of aromatic nitrogens is 1. The lowest BCUT2D eigenvalue weighted by atomic mass is 10.1. The van der Waals surface area contributed by atoms with Crippen molar-refractivity contribution < 1.29 is 14.6 Å². The van der Waals surface area contributed by atoms with E-state index in [4.69, 9.17) is 9.84 Å². The van der Waals surface area contributed by atoms with Crippen LogP contribution < -0.4 is 5.32 Å². The minimum absolute atomic E-state index is 0.267. The number of hydrogen-bond donors (Lipinski definition) is 2. The van der Waals surface area contributed by atoms with E-state index < -0.39 is 5.97 Å². The summed E-state index contributed by atoms with van der Waals surface area (Å²) in [6.07, 6.45) is 1.72. The molecule has 1 aromatic heterocycles. The Morgan fingerprint density at radius 2 is 2.29 bits per heavy atom. The van der Waals surface area contributed by atoms with E-state index >= 15 is 0 Å². The predicted molar refractivity (Wildman–Crippen MR) is 65.6 cm³/mol. The second kappa shape index (κ2) is 6.85. The molecule has 0 aliphatic carbocycles. The zero-order chi connectivity index (χ0) is 12.7. The van der Waals surface area contributed by atoms with Gasteiger partial charge in [-0.1, -0.05) is 13.3 Å². The number of carboxylic acids is 1. The Labute approximate surface area is 101 Å². The number of ether oxygens (including phenoxy) is 1. The van der Waals surface area contributed by atoms with Crippen molar-refractivity contribution in [1.29, 1.82) is 0 Å². The topological polar surface area (TPSA) is 71.5 Å². The van der Waals surface area contributed by atoms with E-state index in [9.17, 15) is 4.79 Å². The minimum Gasteiger partial charge on any atom is -0.478 e. The van der Waals surface area contributed by atoms with Gasteiger partial charge in [0.05, 0.1) is 12.2 Å². The molecule has 2 N–H and O–H groups in total. The molecule has 17 heavy (non-hydrogen) atoms. The second-order valence-electron chi connectivity index (χ2n) is 3.71. The number of aryl methyl sites for hydroxylation is 1. The summed E-state index contributed by atoms with van der Waals surface area (Å²) < 4.78 is 4.91. The van der Waals surface area contributed by atoms with Crippen molar-refractivity contribution >= 4 is 11.8 Å². The number of carboxylic acid groups (broad SMARTS) is 1. The van der Waals surface area contributed by atoms with Crippen molar-refractivity contribution in [1.82, 2.24) is 4.98 Å². The molecule has 0 aromatic carbocycles. The zero-order valence-electron chi connectivity index (χ0n) is 10.2. The standard InChI is InChI=1S/C12H18N2O3/c1-3-4-10-7-9(12(15)16)8-11(14-10)13-5-6-17-2/h7-8H,3-6H2,1-2H3,(H,13,14)(H,15,16). The Morgan fingerprint density at radius 1 is 1.53 bits per heavy atom. The highest BCUT2D eigenvalue weighted by atomic mass is 16.5. The van der Waals surface area contributed by atoms with Crippen molar-refractivity contribution in [3.05, 3.63) is 23.4 Å². The molecule has 1 rings (SSSR count). The number of aromatic carboxylic acids is 1.